The Morgan fingerprint density at radius 1 is 1.44 bits per heavy atom. The van der Waals surface area contributed by atoms with E-state index in [1.807, 2.05) is 18.2 Å². The summed E-state index contributed by atoms with van der Waals surface area (Å²) in [6.07, 6.45) is 4.83. The Morgan fingerprint density at radius 2 is 2.22 bits per heavy atom. The smallest absolute Gasteiger partial charge is 0.251 e. The van der Waals surface area contributed by atoms with Crippen LogP contribution < -0.4 is 5.32 Å². The Balaban J connectivity index is 2.64. The van der Waals surface area contributed by atoms with Gasteiger partial charge in [0.05, 0.1) is 12.9 Å². The standard InChI is InChI=1S/C15H21NO2/c1-4-5-7-13-8-6-9-14(11-13)16-15(17)10-12(2)18-3/h6,8-11H,4-5,7H2,1-3H3,(H,16,17)/b12-10-. The predicted octanol–water partition coefficient (Wildman–Crippen LogP) is 3.52. The van der Waals surface area contributed by atoms with Gasteiger partial charge in [-0.2, -0.15) is 0 Å². The third-order valence-electron chi connectivity index (χ3n) is 2.67. The normalized spacial score (nSPS) is 11.2. The summed E-state index contributed by atoms with van der Waals surface area (Å²) in [5.41, 5.74) is 2.08. The summed E-state index contributed by atoms with van der Waals surface area (Å²) in [5.74, 6) is 0.427. The van der Waals surface area contributed by atoms with E-state index < -0.39 is 0 Å². The molecule has 98 valence electrons. The van der Waals surface area contributed by atoms with Crippen molar-refractivity contribution in [2.45, 2.75) is 33.1 Å². The molecule has 0 saturated heterocycles. The highest BCUT2D eigenvalue weighted by molar-refractivity contribution is 5.99. The largest absolute Gasteiger partial charge is 0.501 e. The van der Waals surface area contributed by atoms with Crippen molar-refractivity contribution < 1.29 is 9.53 Å². The fourth-order valence-corrected chi connectivity index (χ4v) is 1.61. The van der Waals surface area contributed by atoms with Crippen molar-refractivity contribution >= 4 is 11.6 Å². The molecule has 0 saturated carbocycles. The molecule has 18 heavy (non-hydrogen) atoms. The first-order valence-electron chi connectivity index (χ1n) is 6.28. The minimum atomic E-state index is -0.165. The van der Waals surface area contributed by atoms with E-state index in [0.29, 0.717) is 5.76 Å². The highest BCUT2D eigenvalue weighted by Crippen LogP contribution is 2.13. The summed E-state index contributed by atoms with van der Waals surface area (Å²) in [6.45, 7) is 3.92. The average Bonchev–Trinajstić information content (AvgIpc) is 2.36. The second-order valence-electron chi connectivity index (χ2n) is 4.25. The summed E-state index contributed by atoms with van der Waals surface area (Å²) in [6, 6.07) is 7.96. The lowest BCUT2D eigenvalue weighted by atomic mass is 10.1. The highest BCUT2D eigenvalue weighted by Gasteiger charge is 2.01. The molecule has 3 nitrogen and oxygen atoms in total. The van der Waals surface area contributed by atoms with Crippen molar-refractivity contribution in [3.8, 4) is 0 Å². The van der Waals surface area contributed by atoms with E-state index in [2.05, 4.69) is 18.3 Å². The molecule has 0 heterocycles. The summed E-state index contributed by atoms with van der Waals surface area (Å²) in [7, 11) is 1.55. The zero-order valence-corrected chi connectivity index (χ0v) is 11.3. The van der Waals surface area contributed by atoms with Crippen molar-refractivity contribution in [3.63, 3.8) is 0 Å². The van der Waals surface area contributed by atoms with Gasteiger partial charge in [0, 0.05) is 11.8 Å². The van der Waals surface area contributed by atoms with Crippen LogP contribution in [0, 0.1) is 0 Å². The number of aryl methyl sites for hydroxylation is 1. The van der Waals surface area contributed by atoms with E-state index in [1.165, 1.54) is 24.5 Å². The van der Waals surface area contributed by atoms with Crippen LogP contribution in [0.5, 0.6) is 0 Å². The van der Waals surface area contributed by atoms with Crippen molar-refractivity contribution in [2.75, 3.05) is 12.4 Å². The highest BCUT2D eigenvalue weighted by atomic mass is 16.5. The molecule has 0 unspecified atom stereocenters. The number of carbonyl (C=O) groups is 1. The quantitative estimate of drug-likeness (QED) is 0.617. The number of carbonyl (C=O) groups excluding carboxylic acids is 1. The molecule has 0 aromatic heterocycles. The summed E-state index contributed by atoms with van der Waals surface area (Å²) < 4.78 is 4.94. The molecule has 3 heteroatoms. The van der Waals surface area contributed by atoms with Crippen molar-refractivity contribution in [2.24, 2.45) is 0 Å². The Morgan fingerprint density at radius 3 is 2.89 bits per heavy atom. The molecule has 0 aliphatic heterocycles. The number of unbranched alkanes of at least 4 members (excludes halogenated alkanes) is 1. The molecule has 0 bridgehead atoms. The second-order valence-corrected chi connectivity index (χ2v) is 4.25. The number of rotatable bonds is 6. The van der Waals surface area contributed by atoms with Crippen LogP contribution in [0.25, 0.3) is 0 Å². The second kappa shape index (κ2) is 7.54. The van der Waals surface area contributed by atoms with E-state index in [1.54, 1.807) is 14.0 Å². The first-order chi connectivity index (χ1) is 8.65. The fourth-order valence-electron chi connectivity index (χ4n) is 1.61. The lowest BCUT2D eigenvalue weighted by Gasteiger charge is -2.06. The molecule has 1 aromatic rings. The van der Waals surface area contributed by atoms with Gasteiger partial charge in [0.15, 0.2) is 0 Å². The molecule has 0 aliphatic carbocycles. The van der Waals surface area contributed by atoms with Crippen LogP contribution in [0.2, 0.25) is 0 Å². The molecule has 0 atom stereocenters. The first kappa shape index (κ1) is 14.3. The molecule has 1 amide bonds. The van der Waals surface area contributed by atoms with Crippen LogP contribution in [-0.2, 0) is 16.0 Å². The number of nitrogens with one attached hydrogen (secondary N) is 1. The van der Waals surface area contributed by atoms with Crippen LogP contribution in [0.1, 0.15) is 32.3 Å². The van der Waals surface area contributed by atoms with Gasteiger partial charge in [-0.1, -0.05) is 25.5 Å². The Bertz CT molecular complexity index is 424. The van der Waals surface area contributed by atoms with Gasteiger partial charge in [-0.25, -0.2) is 0 Å². The number of allylic oxidation sites excluding steroid dienone is 1. The summed E-state index contributed by atoms with van der Waals surface area (Å²) in [4.78, 5) is 11.6. The average molecular weight is 247 g/mol. The zero-order chi connectivity index (χ0) is 13.4. The van der Waals surface area contributed by atoms with Crippen LogP contribution in [-0.4, -0.2) is 13.0 Å². The lowest BCUT2D eigenvalue weighted by molar-refractivity contribution is -0.112. The molecule has 0 spiro atoms. The number of anilines is 1. The summed E-state index contributed by atoms with van der Waals surface area (Å²) in [5, 5.41) is 2.83. The van der Waals surface area contributed by atoms with Gasteiger partial charge in [0.2, 0.25) is 0 Å². The van der Waals surface area contributed by atoms with Crippen LogP contribution in [0.3, 0.4) is 0 Å². The number of ether oxygens (including phenoxy) is 1. The fraction of sp³-hybridized carbons (Fsp3) is 0.400. The maximum Gasteiger partial charge on any atom is 0.251 e. The van der Waals surface area contributed by atoms with E-state index in [9.17, 15) is 4.79 Å². The Labute approximate surface area is 109 Å². The third-order valence-corrected chi connectivity index (χ3v) is 2.67. The topological polar surface area (TPSA) is 38.3 Å². The van der Waals surface area contributed by atoms with Gasteiger partial charge in [-0.15, -0.1) is 0 Å². The van der Waals surface area contributed by atoms with Crippen LogP contribution in [0.4, 0.5) is 5.69 Å². The predicted molar refractivity (Wildman–Crippen MR) is 74.4 cm³/mol. The van der Waals surface area contributed by atoms with E-state index in [-0.39, 0.29) is 5.91 Å². The van der Waals surface area contributed by atoms with Gasteiger partial charge in [-0.3, -0.25) is 4.79 Å². The maximum absolute atomic E-state index is 11.6. The Hall–Kier alpha value is -1.77. The molecular weight excluding hydrogens is 226 g/mol. The van der Waals surface area contributed by atoms with Gasteiger partial charge in [0.1, 0.15) is 0 Å². The number of benzene rings is 1. The first-order valence-corrected chi connectivity index (χ1v) is 6.28. The third kappa shape index (κ3) is 5.04. The molecule has 0 fully saturated rings. The molecule has 1 aromatic carbocycles. The minimum Gasteiger partial charge on any atom is -0.501 e. The van der Waals surface area contributed by atoms with Crippen molar-refractivity contribution in [3.05, 3.63) is 41.7 Å². The SMILES string of the molecule is CCCCc1cccc(NC(=O)/C=C(/C)OC)c1. The van der Waals surface area contributed by atoms with E-state index >= 15 is 0 Å². The molecule has 0 aliphatic rings. The molecule has 1 rings (SSSR count). The molecule has 1 N–H and O–H groups in total. The van der Waals surface area contributed by atoms with Crippen LogP contribution >= 0.6 is 0 Å². The van der Waals surface area contributed by atoms with E-state index in [4.69, 9.17) is 4.74 Å². The molecular formula is C15H21NO2. The van der Waals surface area contributed by atoms with Crippen molar-refractivity contribution in [1.29, 1.82) is 0 Å². The monoisotopic (exact) mass is 247 g/mol. The van der Waals surface area contributed by atoms with Crippen LogP contribution in [0.15, 0.2) is 36.1 Å². The number of methoxy groups -OCH3 is 1. The van der Waals surface area contributed by atoms with Gasteiger partial charge < -0.3 is 10.1 Å². The van der Waals surface area contributed by atoms with Crippen molar-refractivity contribution in [1.82, 2.24) is 0 Å². The number of hydrogen-bond acceptors (Lipinski definition) is 2. The number of amides is 1. The summed E-state index contributed by atoms with van der Waals surface area (Å²) >= 11 is 0. The molecule has 0 radical (unpaired) electrons. The van der Waals surface area contributed by atoms with Gasteiger partial charge in [0.25, 0.3) is 5.91 Å². The van der Waals surface area contributed by atoms with Gasteiger partial charge in [-0.05, 0) is 37.5 Å². The lowest BCUT2D eigenvalue weighted by Crippen LogP contribution is -2.09. The Kier molecular flexibility index (Phi) is 5.98. The number of hydrogen-bond donors (Lipinski definition) is 1. The zero-order valence-electron chi connectivity index (χ0n) is 11.3. The minimum absolute atomic E-state index is 0.165. The van der Waals surface area contributed by atoms with E-state index in [0.717, 1.165) is 12.1 Å². The van der Waals surface area contributed by atoms with Gasteiger partial charge >= 0.3 is 0 Å². The maximum atomic E-state index is 11.6.